The van der Waals surface area contributed by atoms with Crippen LogP contribution >= 0.6 is 0 Å². The average Bonchev–Trinajstić information content (AvgIpc) is 2.36. The van der Waals surface area contributed by atoms with Crippen LogP contribution in [0.25, 0.3) is 0 Å². The maximum Gasteiger partial charge on any atom is 0.00413 e. The molecule has 0 spiro atoms. The first-order valence-corrected chi connectivity index (χ1v) is 7.90. The standard InChI is InChI=1S/C16H33N/c1-5-11-17-14(4)12-13(3)16-9-7-15(6-2)8-10-16/h13-17H,5-12H2,1-4H3. The van der Waals surface area contributed by atoms with Crippen LogP contribution in [0.2, 0.25) is 0 Å². The summed E-state index contributed by atoms with van der Waals surface area (Å²) in [6.45, 7) is 10.6. The summed E-state index contributed by atoms with van der Waals surface area (Å²) in [6.07, 6.45) is 9.96. The normalized spacial score (nSPS) is 28.9. The molecular weight excluding hydrogens is 206 g/mol. The molecule has 0 aromatic heterocycles. The molecule has 0 saturated heterocycles. The zero-order valence-corrected chi connectivity index (χ0v) is 12.5. The molecule has 2 atom stereocenters. The van der Waals surface area contributed by atoms with E-state index in [-0.39, 0.29) is 0 Å². The van der Waals surface area contributed by atoms with Crippen LogP contribution in [-0.2, 0) is 0 Å². The van der Waals surface area contributed by atoms with Crippen molar-refractivity contribution in [3.8, 4) is 0 Å². The van der Waals surface area contributed by atoms with E-state index in [1.165, 1.54) is 51.5 Å². The highest BCUT2D eigenvalue weighted by Gasteiger charge is 2.25. The fourth-order valence-electron chi connectivity index (χ4n) is 3.39. The summed E-state index contributed by atoms with van der Waals surface area (Å²) in [5, 5.41) is 3.62. The first-order chi connectivity index (χ1) is 8.17. The van der Waals surface area contributed by atoms with E-state index in [4.69, 9.17) is 0 Å². The molecule has 1 fully saturated rings. The van der Waals surface area contributed by atoms with Crippen molar-refractivity contribution in [2.75, 3.05) is 6.54 Å². The zero-order valence-electron chi connectivity index (χ0n) is 12.5. The highest BCUT2D eigenvalue weighted by molar-refractivity contribution is 4.77. The SMILES string of the molecule is CCCNC(C)CC(C)C1CCC(CC)CC1. The Hall–Kier alpha value is -0.0400. The molecule has 0 aromatic rings. The Balaban J connectivity index is 2.21. The monoisotopic (exact) mass is 239 g/mol. The third-order valence-electron chi connectivity index (χ3n) is 4.74. The van der Waals surface area contributed by atoms with Crippen molar-refractivity contribution >= 4 is 0 Å². The van der Waals surface area contributed by atoms with Crippen LogP contribution in [-0.4, -0.2) is 12.6 Å². The van der Waals surface area contributed by atoms with Crippen molar-refractivity contribution in [1.82, 2.24) is 5.32 Å². The summed E-state index contributed by atoms with van der Waals surface area (Å²) in [7, 11) is 0. The molecule has 0 bridgehead atoms. The summed E-state index contributed by atoms with van der Waals surface area (Å²) in [5.74, 6) is 2.95. The highest BCUT2D eigenvalue weighted by Crippen LogP contribution is 2.36. The van der Waals surface area contributed by atoms with Crippen molar-refractivity contribution < 1.29 is 0 Å². The molecule has 102 valence electrons. The summed E-state index contributed by atoms with van der Waals surface area (Å²) in [4.78, 5) is 0. The van der Waals surface area contributed by atoms with Crippen molar-refractivity contribution in [2.24, 2.45) is 17.8 Å². The van der Waals surface area contributed by atoms with Gasteiger partial charge >= 0.3 is 0 Å². The van der Waals surface area contributed by atoms with Gasteiger partial charge in [0.05, 0.1) is 0 Å². The van der Waals surface area contributed by atoms with Crippen LogP contribution in [0.4, 0.5) is 0 Å². The molecule has 1 aliphatic carbocycles. The maximum atomic E-state index is 3.62. The molecule has 0 aromatic carbocycles. The molecule has 1 nitrogen and oxygen atoms in total. The fraction of sp³-hybridized carbons (Fsp3) is 1.00. The van der Waals surface area contributed by atoms with Gasteiger partial charge < -0.3 is 5.32 Å². The van der Waals surface area contributed by atoms with Crippen molar-refractivity contribution in [1.29, 1.82) is 0 Å². The van der Waals surface area contributed by atoms with E-state index in [1.54, 1.807) is 0 Å². The number of nitrogens with one attached hydrogen (secondary N) is 1. The molecule has 0 heterocycles. The number of hydrogen-bond donors (Lipinski definition) is 1. The Morgan fingerprint density at radius 1 is 1.06 bits per heavy atom. The van der Waals surface area contributed by atoms with Crippen LogP contribution in [0.15, 0.2) is 0 Å². The van der Waals surface area contributed by atoms with Gasteiger partial charge in [-0.25, -0.2) is 0 Å². The molecule has 17 heavy (non-hydrogen) atoms. The largest absolute Gasteiger partial charge is 0.314 e. The first kappa shape index (κ1) is 15.0. The molecule has 0 aliphatic heterocycles. The van der Waals surface area contributed by atoms with Crippen LogP contribution in [0, 0.1) is 17.8 Å². The van der Waals surface area contributed by atoms with E-state index in [2.05, 4.69) is 33.0 Å². The van der Waals surface area contributed by atoms with Gasteiger partial charge in [0.15, 0.2) is 0 Å². The van der Waals surface area contributed by atoms with Crippen molar-refractivity contribution in [2.45, 2.75) is 78.7 Å². The predicted molar refractivity (Wildman–Crippen MR) is 77.3 cm³/mol. The minimum atomic E-state index is 0.703. The lowest BCUT2D eigenvalue weighted by Gasteiger charge is -2.33. The van der Waals surface area contributed by atoms with Crippen molar-refractivity contribution in [3.63, 3.8) is 0 Å². The van der Waals surface area contributed by atoms with E-state index < -0.39 is 0 Å². The lowest BCUT2D eigenvalue weighted by molar-refractivity contribution is 0.194. The maximum absolute atomic E-state index is 3.62. The minimum Gasteiger partial charge on any atom is -0.314 e. The Morgan fingerprint density at radius 3 is 2.24 bits per heavy atom. The molecule has 1 rings (SSSR count). The van der Waals surface area contributed by atoms with E-state index in [9.17, 15) is 0 Å². The van der Waals surface area contributed by atoms with Crippen LogP contribution in [0.3, 0.4) is 0 Å². The molecular formula is C16H33N. The minimum absolute atomic E-state index is 0.703. The van der Waals surface area contributed by atoms with Gasteiger partial charge in [-0.3, -0.25) is 0 Å². The summed E-state index contributed by atoms with van der Waals surface area (Å²) in [6, 6.07) is 0.703. The lowest BCUT2D eigenvalue weighted by Crippen LogP contribution is -2.31. The van der Waals surface area contributed by atoms with Crippen LogP contribution < -0.4 is 5.32 Å². The van der Waals surface area contributed by atoms with Gasteiger partial charge in [-0.15, -0.1) is 0 Å². The van der Waals surface area contributed by atoms with E-state index in [0.29, 0.717) is 6.04 Å². The highest BCUT2D eigenvalue weighted by atomic mass is 14.9. The summed E-state index contributed by atoms with van der Waals surface area (Å²) < 4.78 is 0. The van der Waals surface area contributed by atoms with Gasteiger partial charge in [0, 0.05) is 6.04 Å². The zero-order chi connectivity index (χ0) is 12.7. The van der Waals surface area contributed by atoms with Gasteiger partial charge in [-0.05, 0) is 56.9 Å². The Bertz CT molecular complexity index is 182. The van der Waals surface area contributed by atoms with Gasteiger partial charge in [0.25, 0.3) is 0 Å². The number of rotatable bonds is 7. The average molecular weight is 239 g/mol. The smallest absolute Gasteiger partial charge is 0.00413 e. The summed E-state index contributed by atoms with van der Waals surface area (Å²) >= 11 is 0. The molecule has 0 radical (unpaired) electrons. The van der Waals surface area contributed by atoms with Gasteiger partial charge in [-0.1, -0.05) is 40.0 Å². The number of hydrogen-bond acceptors (Lipinski definition) is 1. The molecule has 1 aliphatic rings. The Morgan fingerprint density at radius 2 is 1.71 bits per heavy atom. The molecule has 1 N–H and O–H groups in total. The molecule has 1 saturated carbocycles. The van der Waals surface area contributed by atoms with Crippen LogP contribution in [0.1, 0.15) is 72.6 Å². The molecule has 2 unspecified atom stereocenters. The van der Waals surface area contributed by atoms with Crippen LogP contribution in [0.5, 0.6) is 0 Å². The van der Waals surface area contributed by atoms with Gasteiger partial charge in [0.2, 0.25) is 0 Å². The van der Waals surface area contributed by atoms with E-state index in [0.717, 1.165) is 17.8 Å². The van der Waals surface area contributed by atoms with Gasteiger partial charge in [0.1, 0.15) is 0 Å². The topological polar surface area (TPSA) is 12.0 Å². The first-order valence-electron chi connectivity index (χ1n) is 7.90. The quantitative estimate of drug-likeness (QED) is 0.683. The lowest BCUT2D eigenvalue weighted by atomic mass is 9.74. The molecule has 0 amide bonds. The second kappa shape index (κ2) is 8.13. The molecule has 1 heteroatoms. The fourth-order valence-corrected chi connectivity index (χ4v) is 3.39. The third-order valence-corrected chi connectivity index (χ3v) is 4.74. The second-order valence-corrected chi connectivity index (χ2v) is 6.26. The van der Waals surface area contributed by atoms with Gasteiger partial charge in [-0.2, -0.15) is 0 Å². The predicted octanol–water partition coefficient (Wildman–Crippen LogP) is 4.62. The Labute approximate surface area is 109 Å². The summed E-state index contributed by atoms with van der Waals surface area (Å²) in [5.41, 5.74) is 0. The van der Waals surface area contributed by atoms with E-state index in [1.807, 2.05) is 0 Å². The Kier molecular flexibility index (Phi) is 7.18. The third kappa shape index (κ3) is 5.42. The van der Waals surface area contributed by atoms with E-state index >= 15 is 0 Å². The second-order valence-electron chi connectivity index (χ2n) is 6.26. The van der Waals surface area contributed by atoms with Crippen molar-refractivity contribution in [3.05, 3.63) is 0 Å².